The van der Waals surface area contributed by atoms with Gasteiger partial charge in [0.2, 0.25) is 0 Å². The summed E-state index contributed by atoms with van der Waals surface area (Å²) >= 11 is 0. The average molecular weight is 499 g/mol. The molecule has 2 saturated carbocycles. The van der Waals surface area contributed by atoms with Crippen LogP contribution in [0, 0.1) is 40.4 Å². The number of allylic oxidation sites excluding steroid dienone is 4. The first-order chi connectivity index (χ1) is 17.1. The van der Waals surface area contributed by atoms with Crippen molar-refractivity contribution in [2.24, 2.45) is 40.4 Å². The van der Waals surface area contributed by atoms with Crippen molar-refractivity contribution >= 4 is 0 Å². The normalized spacial score (nSPS) is 28.9. The zero-order chi connectivity index (χ0) is 27.9. The molecule has 2 fully saturated rings. The Bertz CT molecular complexity index is 685. The van der Waals surface area contributed by atoms with Gasteiger partial charge >= 0.3 is 0 Å². The van der Waals surface area contributed by atoms with Crippen LogP contribution in [0.15, 0.2) is 42.2 Å². The van der Waals surface area contributed by atoms with Crippen molar-refractivity contribution < 1.29 is 0 Å². The third-order valence-electron chi connectivity index (χ3n) is 10.1. The molecule has 0 nitrogen and oxygen atoms in total. The minimum Gasteiger partial charge on any atom is -0.130 e. The van der Waals surface area contributed by atoms with Crippen LogP contribution < -0.4 is 0 Å². The molecule has 0 aromatic heterocycles. The average Bonchev–Trinajstić information content (AvgIpc) is 3.18. The molecule has 0 spiro atoms. The van der Waals surface area contributed by atoms with Gasteiger partial charge in [0, 0.05) is 0 Å². The number of rotatable bonds is 11. The molecule has 6 unspecified atom stereocenters. The summed E-state index contributed by atoms with van der Waals surface area (Å²) in [4.78, 5) is 0. The Morgan fingerprint density at radius 1 is 1.06 bits per heavy atom. The lowest BCUT2D eigenvalue weighted by Gasteiger charge is -2.52. The quantitative estimate of drug-likeness (QED) is 0.196. The van der Waals surface area contributed by atoms with Crippen molar-refractivity contribution in [3.8, 4) is 0 Å². The van der Waals surface area contributed by atoms with Crippen molar-refractivity contribution in [2.75, 3.05) is 0 Å². The van der Waals surface area contributed by atoms with Gasteiger partial charge < -0.3 is 0 Å². The molecule has 0 aliphatic heterocycles. The van der Waals surface area contributed by atoms with Gasteiger partial charge in [-0.15, -0.1) is 5.73 Å². The maximum absolute atomic E-state index is 4.39. The van der Waals surface area contributed by atoms with Crippen LogP contribution in [0.4, 0.5) is 0 Å². The molecule has 0 N–H and O–H groups in total. The van der Waals surface area contributed by atoms with Crippen LogP contribution in [0.3, 0.4) is 0 Å². The zero-order valence-electron chi connectivity index (χ0n) is 26.7. The molecule has 0 heteroatoms. The smallest absolute Gasteiger partial charge is 0.0247 e. The van der Waals surface area contributed by atoms with Gasteiger partial charge in [-0.05, 0) is 117 Å². The lowest BCUT2D eigenvalue weighted by molar-refractivity contribution is -0.0119. The Hall–Kier alpha value is -1.00. The summed E-state index contributed by atoms with van der Waals surface area (Å²) in [5, 5.41) is 0. The molecule has 0 heterocycles. The fourth-order valence-electron chi connectivity index (χ4n) is 7.79. The summed E-state index contributed by atoms with van der Waals surface area (Å²) in [6, 6.07) is 0. The summed E-state index contributed by atoms with van der Waals surface area (Å²) in [5.74, 6) is 4.04. The molecule has 0 aromatic rings. The second kappa shape index (κ2) is 17.5. The summed E-state index contributed by atoms with van der Waals surface area (Å²) in [6.45, 7) is 33.6. The van der Waals surface area contributed by atoms with Crippen LogP contribution in [-0.2, 0) is 0 Å². The van der Waals surface area contributed by atoms with Gasteiger partial charge in [-0.25, -0.2) is 0 Å². The van der Waals surface area contributed by atoms with Gasteiger partial charge in [0.25, 0.3) is 0 Å². The molecule has 0 bridgehead atoms. The Labute approximate surface area is 229 Å². The molecule has 2 aliphatic carbocycles. The Balaban J connectivity index is 0.00000291. The van der Waals surface area contributed by atoms with E-state index < -0.39 is 0 Å². The van der Waals surface area contributed by atoms with E-state index in [1.807, 2.05) is 27.7 Å². The highest BCUT2D eigenvalue weighted by Gasteiger charge is 2.51. The molecule has 0 saturated heterocycles. The molecular weight excluding hydrogens is 432 g/mol. The van der Waals surface area contributed by atoms with Gasteiger partial charge in [-0.3, -0.25) is 0 Å². The van der Waals surface area contributed by atoms with E-state index in [0.29, 0.717) is 10.8 Å². The Kier molecular flexibility index (Phi) is 17.0. The molecule has 36 heavy (non-hydrogen) atoms. The van der Waals surface area contributed by atoms with Gasteiger partial charge in [0.1, 0.15) is 0 Å². The lowest BCUT2D eigenvalue weighted by Crippen LogP contribution is -2.44. The topological polar surface area (TPSA) is 0 Å². The number of hydrogen-bond acceptors (Lipinski definition) is 0. The standard InChI is InChI=1S/C32H54.2C2H6/c1-10-13-14-18-30(32(9)22-21-25(5)23-27(32)12-3)26(6)29-20-19-28(31(29,7)8)17-15-16-24(4)11-2;2*1-2/h13-14,26-30H,2,5,10,12,15-23H2,1,3-4,6-9H3;2*1-2H3. The minimum absolute atomic E-state index is 0.438. The summed E-state index contributed by atoms with van der Waals surface area (Å²) in [7, 11) is 0. The first-order valence-corrected chi connectivity index (χ1v) is 15.8. The van der Waals surface area contributed by atoms with Gasteiger partial charge in [0.05, 0.1) is 0 Å². The Morgan fingerprint density at radius 3 is 2.25 bits per heavy atom. The van der Waals surface area contributed by atoms with E-state index in [4.69, 9.17) is 0 Å². The van der Waals surface area contributed by atoms with E-state index in [1.54, 1.807) is 0 Å². The summed E-state index contributed by atoms with van der Waals surface area (Å²) < 4.78 is 0. The highest BCUT2D eigenvalue weighted by molar-refractivity contribution is 5.09. The third kappa shape index (κ3) is 9.08. The van der Waals surface area contributed by atoms with Crippen molar-refractivity contribution in [2.45, 2.75) is 147 Å². The fraction of sp³-hybridized carbons (Fsp3) is 0.806. The maximum atomic E-state index is 4.39. The molecule has 0 radical (unpaired) electrons. The second-order valence-corrected chi connectivity index (χ2v) is 12.2. The molecule has 2 aliphatic rings. The molecule has 6 atom stereocenters. The summed E-state index contributed by atoms with van der Waals surface area (Å²) in [6.07, 6.45) is 19.1. The zero-order valence-corrected chi connectivity index (χ0v) is 26.7. The molecule has 210 valence electrons. The minimum atomic E-state index is 0.438. The first-order valence-electron chi connectivity index (χ1n) is 15.8. The molecule has 0 aromatic carbocycles. The largest absolute Gasteiger partial charge is 0.130 e. The second-order valence-electron chi connectivity index (χ2n) is 12.2. The predicted octanol–water partition coefficient (Wildman–Crippen LogP) is 12.4. The third-order valence-corrected chi connectivity index (χ3v) is 10.1. The monoisotopic (exact) mass is 499 g/mol. The Morgan fingerprint density at radius 2 is 1.69 bits per heavy atom. The van der Waals surface area contributed by atoms with Crippen LogP contribution in [0.1, 0.15) is 147 Å². The van der Waals surface area contributed by atoms with Crippen LogP contribution in [0.2, 0.25) is 0 Å². The SMILES string of the molecule is C=C=C(C)CCCC1CCC(C(C)C(CC=CCC)C2(C)CCC(=C)CC2CC)C1(C)C.CC.CC. The van der Waals surface area contributed by atoms with Crippen LogP contribution in [0.25, 0.3) is 0 Å². The van der Waals surface area contributed by atoms with E-state index in [0.717, 1.165) is 36.0 Å². The van der Waals surface area contributed by atoms with E-state index in [2.05, 4.69) is 79.5 Å². The van der Waals surface area contributed by atoms with Crippen molar-refractivity contribution in [1.82, 2.24) is 0 Å². The van der Waals surface area contributed by atoms with E-state index in [9.17, 15) is 0 Å². The van der Waals surface area contributed by atoms with E-state index >= 15 is 0 Å². The fourth-order valence-corrected chi connectivity index (χ4v) is 7.79. The van der Waals surface area contributed by atoms with E-state index in [-0.39, 0.29) is 0 Å². The van der Waals surface area contributed by atoms with Gasteiger partial charge in [-0.2, -0.15) is 0 Å². The molecule has 2 rings (SSSR count). The highest BCUT2D eigenvalue weighted by Crippen LogP contribution is 2.59. The highest BCUT2D eigenvalue weighted by atomic mass is 14.6. The lowest BCUT2D eigenvalue weighted by atomic mass is 9.53. The van der Waals surface area contributed by atoms with Crippen LogP contribution in [0.5, 0.6) is 0 Å². The number of hydrogen-bond donors (Lipinski definition) is 0. The molecular formula is C36H66. The van der Waals surface area contributed by atoms with Crippen molar-refractivity contribution in [3.63, 3.8) is 0 Å². The van der Waals surface area contributed by atoms with Gasteiger partial charge in [-0.1, -0.05) is 107 Å². The van der Waals surface area contributed by atoms with Crippen molar-refractivity contribution in [3.05, 3.63) is 42.2 Å². The van der Waals surface area contributed by atoms with Crippen LogP contribution >= 0.6 is 0 Å². The first kappa shape index (κ1) is 35.0. The predicted molar refractivity (Wildman–Crippen MR) is 166 cm³/mol. The van der Waals surface area contributed by atoms with E-state index in [1.165, 1.54) is 75.4 Å². The van der Waals surface area contributed by atoms with Gasteiger partial charge in [0.15, 0.2) is 0 Å². The van der Waals surface area contributed by atoms with Crippen LogP contribution in [-0.4, -0.2) is 0 Å². The van der Waals surface area contributed by atoms with Crippen molar-refractivity contribution in [1.29, 1.82) is 0 Å². The maximum Gasteiger partial charge on any atom is -0.0247 e. The molecule has 0 amide bonds. The summed E-state index contributed by atoms with van der Waals surface area (Å²) in [5.41, 5.74) is 6.78.